The topological polar surface area (TPSA) is 128 Å². The van der Waals surface area contributed by atoms with E-state index in [0.717, 1.165) is 24.3 Å². The number of hydrogen-bond acceptors (Lipinski definition) is 6. The van der Waals surface area contributed by atoms with Gasteiger partial charge in [-0.1, -0.05) is 12.1 Å². The third-order valence-electron chi connectivity index (χ3n) is 5.50. The van der Waals surface area contributed by atoms with Crippen molar-refractivity contribution in [2.75, 3.05) is 11.5 Å². The van der Waals surface area contributed by atoms with Crippen LogP contribution in [-0.2, 0) is 19.4 Å². The third kappa shape index (κ3) is 6.64. The van der Waals surface area contributed by atoms with Gasteiger partial charge in [0.1, 0.15) is 23.4 Å². The second-order valence-electron chi connectivity index (χ2n) is 8.31. The molecule has 0 unspecified atom stereocenters. The first-order chi connectivity index (χ1) is 15.3. The summed E-state index contributed by atoms with van der Waals surface area (Å²) in [7, 11) is -4.10. The summed E-state index contributed by atoms with van der Waals surface area (Å²) in [4.78, 5) is 24.1. The molecule has 1 saturated carbocycles. The van der Waals surface area contributed by atoms with Crippen LogP contribution in [0, 0.1) is 17.1 Å². The van der Waals surface area contributed by atoms with Gasteiger partial charge in [0.25, 0.3) is 0 Å². The highest BCUT2D eigenvalue weighted by molar-refractivity contribution is 7.91. The summed E-state index contributed by atoms with van der Waals surface area (Å²) >= 11 is 0. The third-order valence-corrected chi connectivity index (χ3v) is 7.25. The molecular formula is C20H22F4N4O4S. The summed E-state index contributed by atoms with van der Waals surface area (Å²) in [5, 5.41) is 16.1. The Morgan fingerprint density at radius 1 is 1.27 bits per heavy atom. The number of nitrogens with one attached hydrogen (secondary N) is 3. The number of carbonyl (C=O) groups is 2. The first kappa shape index (κ1) is 24.9. The molecule has 0 aromatic heterocycles. The van der Waals surface area contributed by atoms with Gasteiger partial charge in [-0.25, -0.2) is 12.8 Å². The lowest BCUT2D eigenvalue weighted by atomic mass is 10.0. The van der Waals surface area contributed by atoms with Crippen LogP contribution in [0.15, 0.2) is 24.3 Å². The lowest BCUT2D eigenvalue weighted by Crippen LogP contribution is -2.55. The predicted octanol–water partition coefficient (Wildman–Crippen LogP) is 1.25. The monoisotopic (exact) mass is 490 g/mol. The van der Waals surface area contributed by atoms with Gasteiger partial charge in [0.2, 0.25) is 11.8 Å². The van der Waals surface area contributed by atoms with Crippen LogP contribution >= 0.6 is 0 Å². The van der Waals surface area contributed by atoms with Gasteiger partial charge in [-0.05, 0) is 37.0 Å². The van der Waals surface area contributed by atoms with Crippen LogP contribution in [-0.4, -0.2) is 55.5 Å². The minimum Gasteiger partial charge on any atom is -0.352 e. The Bertz CT molecular complexity index is 1050. The molecule has 1 aromatic rings. The van der Waals surface area contributed by atoms with E-state index in [-0.39, 0.29) is 18.7 Å². The van der Waals surface area contributed by atoms with Crippen molar-refractivity contribution in [1.82, 2.24) is 16.0 Å². The molecule has 0 radical (unpaired) electrons. The quantitative estimate of drug-likeness (QED) is 0.447. The number of hydrogen-bond donors (Lipinski definition) is 3. The number of alkyl halides is 3. The highest BCUT2D eigenvalue weighted by atomic mass is 32.2. The molecule has 1 aromatic carbocycles. The molecule has 33 heavy (non-hydrogen) atoms. The molecule has 8 nitrogen and oxygen atoms in total. The average molecular weight is 490 g/mol. The lowest BCUT2D eigenvalue weighted by molar-refractivity contribution is -0.160. The number of halogens is 4. The molecule has 180 valence electrons. The molecule has 2 aliphatic rings. The smallest absolute Gasteiger partial charge is 0.352 e. The van der Waals surface area contributed by atoms with Gasteiger partial charge in [-0.3, -0.25) is 14.9 Å². The molecule has 2 amide bonds. The second kappa shape index (κ2) is 9.26. The summed E-state index contributed by atoms with van der Waals surface area (Å²) in [6.07, 6.45) is -3.96. The number of benzene rings is 1. The van der Waals surface area contributed by atoms with Gasteiger partial charge in [-0.2, -0.15) is 18.4 Å². The zero-order valence-corrected chi connectivity index (χ0v) is 18.1. The summed E-state index contributed by atoms with van der Waals surface area (Å²) in [5.74, 6) is -3.69. The minimum absolute atomic E-state index is 0.133. The molecule has 3 rings (SSSR count). The van der Waals surface area contributed by atoms with E-state index in [1.165, 1.54) is 0 Å². The molecule has 3 N–H and O–H groups in total. The molecule has 1 aliphatic carbocycles. The Hall–Kier alpha value is -2.72. The summed E-state index contributed by atoms with van der Waals surface area (Å²) in [6.45, 7) is 0. The van der Waals surface area contributed by atoms with Crippen LogP contribution in [0.3, 0.4) is 0 Å². The van der Waals surface area contributed by atoms with E-state index in [0.29, 0.717) is 12.8 Å². The number of nitrogens with zero attached hydrogens (tertiary/aromatic N) is 1. The van der Waals surface area contributed by atoms with Gasteiger partial charge in [0.15, 0.2) is 9.84 Å². The number of amides is 2. The molecule has 1 aliphatic heterocycles. The van der Waals surface area contributed by atoms with Crippen molar-refractivity contribution in [3.8, 4) is 6.07 Å². The fourth-order valence-corrected chi connectivity index (χ4v) is 5.33. The second-order valence-corrected chi connectivity index (χ2v) is 10.5. The molecule has 2 fully saturated rings. The minimum atomic E-state index is -4.94. The standard InChI is InChI=1S/C20H22F4N4O4S/c21-13-3-1-12(2-4-13)17(20(22,23)24)27-15(18(30)28-19(11-25)7-8-19)10-33(31,32)9-14-5-6-16(29)26-14/h1-4,14-15,17,27H,5-10H2,(H,26,29)(H,28,30)/t14-,15-,17-/m0/s1. The van der Waals surface area contributed by atoms with Crippen molar-refractivity contribution in [1.29, 1.82) is 5.26 Å². The number of sulfone groups is 1. The summed E-state index contributed by atoms with van der Waals surface area (Å²) in [5.41, 5.74) is -1.65. The highest BCUT2D eigenvalue weighted by Crippen LogP contribution is 2.35. The maximum Gasteiger partial charge on any atom is 0.407 e. The highest BCUT2D eigenvalue weighted by Gasteiger charge is 2.48. The van der Waals surface area contributed by atoms with Gasteiger partial charge < -0.3 is 10.6 Å². The Labute approximate surface area is 187 Å². The van der Waals surface area contributed by atoms with Crippen LogP contribution in [0.5, 0.6) is 0 Å². The fraction of sp³-hybridized carbons (Fsp3) is 0.550. The van der Waals surface area contributed by atoms with Crippen LogP contribution in [0.1, 0.15) is 37.3 Å². The van der Waals surface area contributed by atoms with Gasteiger partial charge >= 0.3 is 6.18 Å². The molecule has 13 heteroatoms. The number of nitriles is 1. The van der Waals surface area contributed by atoms with Crippen molar-refractivity contribution in [2.45, 2.75) is 55.5 Å². The molecule has 1 heterocycles. The Balaban J connectivity index is 1.85. The molecular weight excluding hydrogens is 468 g/mol. The predicted molar refractivity (Wildman–Crippen MR) is 108 cm³/mol. The fourth-order valence-electron chi connectivity index (χ4n) is 3.58. The van der Waals surface area contributed by atoms with Crippen molar-refractivity contribution in [2.24, 2.45) is 0 Å². The van der Waals surface area contributed by atoms with Gasteiger partial charge in [-0.15, -0.1) is 0 Å². The maximum atomic E-state index is 13.8. The largest absolute Gasteiger partial charge is 0.407 e. The van der Waals surface area contributed by atoms with Crippen LogP contribution in [0.2, 0.25) is 0 Å². The summed E-state index contributed by atoms with van der Waals surface area (Å²) in [6, 6.07) is 0.256. The van der Waals surface area contributed by atoms with E-state index in [4.69, 9.17) is 0 Å². The first-order valence-electron chi connectivity index (χ1n) is 10.1. The molecule has 0 bridgehead atoms. The Morgan fingerprint density at radius 2 is 1.91 bits per heavy atom. The molecule has 0 spiro atoms. The Kier molecular flexibility index (Phi) is 6.99. The van der Waals surface area contributed by atoms with Crippen molar-refractivity contribution < 1.29 is 35.6 Å². The van der Waals surface area contributed by atoms with Gasteiger partial charge in [0.05, 0.1) is 17.6 Å². The zero-order valence-electron chi connectivity index (χ0n) is 17.3. The first-order valence-corrected chi connectivity index (χ1v) is 12.0. The van der Waals surface area contributed by atoms with E-state index in [2.05, 4.69) is 16.0 Å². The molecule has 3 atom stereocenters. The number of carbonyl (C=O) groups excluding carboxylic acids is 2. The van der Waals surface area contributed by atoms with E-state index >= 15 is 0 Å². The zero-order chi connectivity index (χ0) is 24.4. The normalized spacial score (nSPS) is 21.5. The van der Waals surface area contributed by atoms with Crippen molar-refractivity contribution in [3.05, 3.63) is 35.6 Å². The van der Waals surface area contributed by atoms with Crippen molar-refractivity contribution in [3.63, 3.8) is 0 Å². The lowest BCUT2D eigenvalue weighted by Gasteiger charge is -2.28. The maximum absolute atomic E-state index is 13.8. The SMILES string of the molecule is N#CC1(NC(=O)[C@H](CS(=O)(=O)C[C@@H]2CCC(=O)N2)N[C@@H](c2ccc(F)cc2)C(F)(F)F)CC1. The average Bonchev–Trinajstić information content (AvgIpc) is 3.37. The van der Waals surface area contributed by atoms with Crippen molar-refractivity contribution >= 4 is 21.7 Å². The van der Waals surface area contributed by atoms with E-state index in [9.17, 15) is 40.8 Å². The van der Waals surface area contributed by atoms with Crippen LogP contribution < -0.4 is 16.0 Å². The van der Waals surface area contributed by atoms with Crippen LogP contribution in [0.4, 0.5) is 17.6 Å². The van der Waals surface area contributed by atoms with Crippen LogP contribution in [0.25, 0.3) is 0 Å². The Morgan fingerprint density at radius 3 is 2.39 bits per heavy atom. The summed E-state index contributed by atoms with van der Waals surface area (Å²) < 4.78 is 80.1. The number of rotatable bonds is 9. The van der Waals surface area contributed by atoms with E-state index in [1.807, 2.05) is 6.07 Å². The van der Waals surface area contributed by atoms with Gasteiger partial charge in [0, 0.05) is 12.5 Å². The molecule has 1 saturated heterocycles. The van der Waals surface area contributed by atoms with E-state index < -0.39 is 68.5 Å². The van der Waals surface area contributed by atoms with E-state index in [1.54, 1.807) is 0 Å².